The Balaban J connectivity index is 2.11. The SMILES string of the molecule is CC1CN(C)CCCN1C(=O)c1ccc(C#CCO)cn1. The summed E-state index contributed by atoms with van der Waals surface area (Å²) < 4.78 is 0. The molecule has 1 aromatic heterocycles. The van der Waals surface area contributed by atoms with Crippen LogP contribution in [0.1, 0.15) is 29.4 Å². The maximum atomic E-state index is 12.6. The number of aliphatic hydroxyl groups is 1. The number of aliphatic hydroxyl groups excluding tert-OH is 1. The van der Waals surface area contributed by atoms with Crippen molar-refractivity contribution < 1.29 is 9.90 Å². The fourth-order valence-corrected chi connectivity index (χ4v) is 2.56. The molecule has 2 rings (SSSR count). The monoisotopic (exact) mass is 287 g/mol. The Morgan fingerprint density at radius 3 is 2.95 bits per heavy atom. The zero-order valence-electron chi connectivity index (χ0n) is 12.5. The Labute approximate surface area is 125 Å². The van der Waals surface area contributed by atoms with Gasteiger partial charge in [-0.3, -0.25) is 4.79 Å². The Hall–Kier alpha value is -1.90. The first-order valence-electron chi connectivity index (χ1n) is 7.17. The molecule has 0 spiro atoms. The Kier molecular flexibility index (Phi) is 5.32. The lowest BCUT2D eigenvalue weighted by Crippen LogP contribution is -2.42. The Bertz CT molecular complexity index is 545. The average Bonchev–Trinajstić information content (AvgIpc) is 2.65. The highest BCUT2D eigenvalue weighted by molar-refractivity contribution is 5.92. The molecule has 0 radical (unpaired) electrons. The molecule has 1 saturated heterocycles. The van der Waals surface area contributed by atoms with Gasteiger partial charge in [-0.2, -0.15) is 0 Å². The zero-order chi connectivity index (χ0) is 15.2. The lowest BCUT2D eigenvalue weighted by Gasteiger charge is -2.27. The summed E-state index contributed by atoms with van der Waals surface area (Å²) in [6, 6.07) is 3.64. The fraction of sp³-hybridized carbons (Fsp3) is 0.500. The molecule has 21 heavy (non-hydrogen) atoms. The van der Waals surface area contributed by atoms with Gasteiger partial charge in [0.1, 0.15) is 12.3 Å². The maximum Gasteiger partial charge on any atom is 0.272 e. The van der Waals surface area contributed by atoms with E-state index in [-0.39, 0.29) is 18.6 Å². The minimum atomic E-state index is -0.181. The molecule has 1 fully saturated rings. The normalized spacial score (nSPS) is 19.6. The smallest absolute Gasteiger partial charge is 0.272 e. The predicted octanol–water partition coefficient (Wildman–Crippen LogP) is 0.592. The fourth-order valence-electron chi connectivity index (χ4n) is 2.56. The first kappa shape index (κ1) is 15.5. The van der Waals surface area contributed by atoms with Gasteiger partial charge in [-0.25, -0.2) is 4.98 Å². The van der Waals surface area contributed by atoms with Crippen LogP contribution in [0.25, 0.3) is 0 Å². The number of likely N-dealkylation sites (N-methyl/N-ethyl adjacent to an activating group) is 1. The van der Waals surface area contributed by atoms with E-state index in [4.69, 9.17) is 5.11 Å². The number of pyridine rings is 1. The number of amides is 1. The van der Waals surface area contributed by atoms with Gasteiger partial charge in [0.2, 0.25) is 0 Å². The van der Waals surface area contributed by atoms with Crippen LogP contribution < -0.4 is 0 Å². The molecular formula is C16H21N3O2. The quantitative estimate of drug-likeness (QED) is 0.768. The van der Waals surface area contributed by atoms with Crippen molar-refractivity contribution >= 4 is 5.91 Å². The van der Waals surface area contributed by atoms with E-state index in [9.17, 15) is 4.79 Å². The van der Waals surface area contributed by atoms with E-state index >= 15 is 0 Å². The van der Waals surface area contributed by atoms with E-state index in [2.05, 4.69) is 35.7 Å². The standard InChI is InChI=1S/C16H21N3O2/c1-13-12-18(2)8-4-9-19(13)16(21)15-7-6-14(11-17-15)5-3-10-20/h6-7,11,13,20H,4,8-10,12H2,1-2H3. The van der Waals surface area contributed by atoms with Crippen molar-refractivity contribution in [1.29, 1.82) is 0 Å². The molecule has 2 heterocycles. The summed E-state index contributed by atoms with van der Waals surface area (Å²) in [7, 11) is 2.08. The molecule has 1 aromatic rings. The van der Waals surface area contributed by atoms with Crippen LogP contribution in [0.3, 0.4) is 0 Å². The summed E-state index contributed by atoms with van der Waals surface area (Å²) in [4.78, 5) is 20.9. The second-order valence-corrected chi connectivity index (χ2v) is 5.36. The van der Waals surface area contributed by atoms with E-state index in [0.29, 0.717) is 11.3 Å². The Morgan fingerprint density at radius 2 is 2.29 bits per heavy atom. The van der Waals surface area contributed by atoms with E-state index in [1.807, 2.05) is 4.90 Å². The number of hydrogen-bond donors (Lipinski definition) is 1. The molecule has 0 aromatic carbocycles. The van der Waals surface area contributed by atoms with E-state index in [0.717, 1.165) is 26.1 Å². The van der Waals surface area contributed by atoms with Gasteiger partial charge in [0.15, 0.2) is 0 Å². The predicted molar refractivity (Wildman–Crippen MR) is 80.8 cm³/mol. The second-order valence-electron chi connectivity index (χ2n) is 5.36. The van der Waals surface area contributed by atoms with Crippen molar-refractivity contribution in [3.05, 3.63) is 29.6 Å². The topological polar surface area (TPSA) is 56.7 Å². The van der Waals surface area contributed by atoms with Crippen LogP contribution in [-0.2, 0) is 0 Å². The number of rotatable bonds is 1. The van der Waals surface area contributed by atoms with Crippen LogP contribution in [0.5, 0.6) is 0 Å². The summed E-state index contributed by atoms with van der Waals surface area (Å²) in [5.74, 6) is 5.30. The van der Waals surface area contributed by atoms with E-state index in [1.165, 1.54) is 0 Å². The van der Waals surface area contributed by atoms with Gasteiger partial charge >= 0.3 is 0 Å². The molecule has 1 aliphatic rings. The molecule has 0 saturated carbocycles. The van der Waals surface area contributed by atoms with Crippen LogP contribution in [0, 0.1) is 11.8 Å². The highest BCUT2D eigenvalue weighted by Crippen LogP contribution is 2.12. The first-order valence-corrected chi connectivity index (χ1v) is 7.17. The molecule has 112 valence electrons. The average molecular weight is 287 g/mol. The Morgan fingerprint density at radius 1 is 1.48 bits per heavy atom. The summed E-state index contributed by atoms with van der Waals surface area (Å²) >= 11 is 0. The van der Waals surface area contributed by atoms with Gasteiger partial charge in [0, 0.05) is 30.9 Å². The van der Waals surface area contributed by atoms with Crippen molar-refractivity contribution in [1.82, 2.24) is 14.8 Å². The molecule has 5 heteroatoms. The van der Waals surface area contributed by atoms with Gasteiger partial charge in [0.25, 0.3) is 5.91 Å². The second kappa shape index (κ2) is 7.21. The lowest BCUT2D eigenvalue weighted by molar-refractivity contribution is 0.0690. The van der Waals surface area contributed by atoms with Crippen LogP contribution in [-0.4, -0.2) is 65.1 Å². The van der Waals surface area contributed by atoms with Crippen LogP contribution in [0.2, 0.25) is 0 Å². The van der Waals surface area contributed by atoms with Crippen molar-refractivity contribution in [3.63, 3.8) is 0 Å². The molecule has 1 unspecified atom stereocenters. The number of hydrogen-bond acceptors (Lipinski definition) is 4. The number of aromatic nitrogens is 1. The summed E-state index contributed by atoms with van der Waals surface area (Å²) in [5, 5.41) is 8.66. The highest BCUT2D eigenvalue weighted by Gasteiger charge is 2.25. The molecule has 1 N–H and O–H groups in total. The van der Waals surface area contributed by atoms with Gasteiger partial charge in [-0.05, 0) is 39.1 Å². The van der Waals surface area contributed by atoms with Gasteiger partial charge in [0.05, 0.1) is 0 Å². The van der Waals surface area contributed by atoms with Gasteiger partial charge < -0.3 is 14.9 Å². The van der Waals surface area contributed by atoms with E-state index in [1.54, 1.807) is 18.3 Å². The molecule has 0 bridgehead atoms. The largest absolute Gasteiger partial charge is 0.384 e. The minimum Gasteiger partial charge on any atom is -0.384 e. The van der Waals surface area contributed by atoms with Gasteiger partial charge in [-0.15, -0.1) is 0 Å². The van der Waals surface area contributed by atoms with Crippen molar-refractivity contribution in [2.24, 2.45) is 0 Å². The third kappa shape index (κ3) is 4.03. The third-order valence-electron chi connectivity index (χ3n) is 3.60. The molecule has 1 atom stereocenters. The van der Waals surface area contributed by atoms with Crippen molar-refractivity contribution in [3.8, 4) is 11.8 Å². The number of carbonyl (C=O) groups is 1. The van der Waals surface area contributed by atoms with Crippen molar-refractivity contribution in [2.75, 3.05) is 33.3 Å². The number of carbonyl (C=O) groups excluding carboxylic acids is 1. The third-order valence-corrected chi connectivity index (χ3v) is 3.60. The lowest BCUT2D eigenvalue weighted by atomic mass is 10.2. The summed E-state index contributed by atoms with van der Waals surface area (Å²) in [6.07, 6.45) is 2.55. The first-order chi connectivity index (χ1) is 10.1. The molecule has 1 aliphatic heterocycles. The summed E-state index contributed by atoms with van der Waals surface area (Å²) in [5.41, 5.74) is 1.14. The van der Waals surface area contributed by atoms with Crippen LogP contribution >= 0.6 is 0 Å². The van der Waals surface area contributed by atoms with Crippen molar-refractivity contribution in [2.45, 2.75) is 19.4 Å². The minimum absolute atomic E-state index is 0.0283. The van der Waals surface area contributed by atoms with Crippen LogP contribution in [0.4, 0.5) is 0 Å². The molecular weight excluding hydrogens is 266 g/mol. The zero-order valence-corrected chi connectivity index (χ0v) is 12.5. The molecule has 5 nitrogen and oxygen atoms in total. The molecule has 1 amide bonds. The maximum absolute atomic E-state index is 12.6. The summed E-state index contributed by atoms with van der Waals surface area (Å²) in [6.45, 7) is 4.54. The highest BCUT2D eigenvalue weighted by atomic mass is 16.2. The van der Waals surface area contributed by atoms with Crippen LogP contribution in [0.15, 0.2) is 18.3 Å². The molecule has 0 aliphatic carbocycles. The van der Waals surface area contributed by atoms with Gasteiger partial charge in [-0.1, -0.05) is 11.8 Å². The van der Waals surface area contributed by atoms with E-state index < -0.39 is 0 Å². The number of nitrogens with zero attached hydrogens (tertiary/aromatic N) is 3.